The van der Waals surface area contributed by atoms with Crippen molar-refractivity contribution in [2.45, 2.75) is 6.92 Å². The molecule has 0 fully saturated rings. The van der Waals surface area contributed by atoms with Gasteiger partial charge in [0.15, 0.2) is 0 Å². The molecule has 8 heteroatoms. The van der Waals surface area contributed by atoms with Crippen molar-refractivity contribution in [3.63, 3.8) is 0 Å². The molecule has 2 heterocycles. The fourth-order valence-electron chi connectivity index (χ4n) is 1.44. The lowest BCUT2D eigenvalue weighted by Gasteiger charge is -2.17. The molecule has 0 saturated heterocycles. The molecule has 2 aromatic rings. The first-order valence-corrected chi connectivity index (χ1v) is 6.29. The molecule has 102 valence electrons. The van der Waals surface area contributed by atoms with Crippen molar-refractivity contribution in [1.29, 1.82) is 0 Å². The summed E-state index contributed by atoms with van der Waals surface area (Å²) in [5.74, 6) is 0.883. The molecule has 0 amide bonds. The Kier molecular flexibility index (Phi) is 4.64. The molecule has 7 nitrogen and oxygen atoms in total. The number of likely N-dealkylation sites (N-methyl/N-ethyl adjacent to an activating group) is 1. The summed E-state index contributed by atoms with van der Waals surface area (Å²) in [6, 6.07) is 1.79. The Balaban J connectivity index is 2.17. The Bertz CT molecular complexity index is 518. The predicted octanol–water partition coefficient (Wildman–Crippen LogP) is 1.18. The van der Waals surface area contributed by atoms with Crippen molar-refractivity contribution in [2.24, 2.45) is 0 Å². The van der Waals surface area contributed by atoms with Crippen molar-refractivity contribution in [3.8, 4) is 5.95 Å². The Morgan fingerprint density at radius 1 is 1.37 bits per heavy atom. The Hall–Kier alpha value is -1.73. The first kappa shape index (κ1) is 13.7. The number of halogens is 1. The third-order valence-corrected chi connectivity index (χ3v) is 2.58. The molecular weight excluding hydrogens is 268 g/mol. The average Bonchev–Trinajstić information content (AvgIpc) is 2.92. The molecule has 0 spiro atoms. The second kappa shape index (κ2) is 6.44. The van der Waals surface area contributed by atoms with E-state index in [1.54, 1.807) is 18.5 Å². The van der Waals surface area contributed by atoms with Crippen LogP contribution >= 0.6 is 11.6 Å². The zero-order valence-electron chi connectivity index (χ0n) is 10.8. The number of aromatic nitrogens is 5. The Labute approximate surface area is 116 Å². The van der Waals surface area contributed by atoms with Gasteiger partial charge in [-0.3, -0.25) is 0 Å². The molecule has 19 heavy (non-hydrogen) atoms. The smallest absolute Gasteiger partial charge is 0.256 e. The van der Waals surface area contributed by atoms with Crippen molar-refractivity contribution < 1.29 is 4.74 Å². The van der Waals surface area contributed by atoms with E-state index in [9.17, 15) is 0 Å². The van der Waals surface area contributed by atoms with E-state index in [1.807, 2.05) is 18.9 Å². The highest BCUT2D eigenvalue weighted by Crippen LogP contribution is 2.11. The zero-order valence-corrected chi connectivity index (χ0v) is 11.6. The third-order valence-electron chi connectivity index (χ3n) is 2.41. The molecule has 0 aromatic carbocycles. The largest absolute Gasteiger partial charge is 0.380 e. The lowest BCUT2D eigenvalue weighted by Crippen LogP contribution is -2.25. The highest BCUT2D eigenvalue weighted by Gasteiger charge is 2.10. The quantitative estimate of drug-likeness (QED) is 0.741. The lowest BCUT2D eigenvalue weighted by molar-refractivity contribution is 0.154. The number of hydrogen-bond donors (Lipinski definition) is 0. The van der Waals surface area contributed by atoms with Crippen molar-refractivity contribution in [3.05, 3.63) is 23.7 Å². The van der Waals surface area contributed by atoms with Crippen LogP contribution in [0.2, 0.25) is 5.28 Å². The number of ether oxygens (including phenoxy) is 1. The number of rotatable bonds is 6. The van der Waals surface area contributed by atoms with Crippen LogP contribution in [0.1, 0.15) is 6.92 Å². The molecule has 0 saturated carbocycles. The van der Waals surface area contributed by atoms with Gasteiger partial charge in [-0.05, 0) is 24.6 Å². The summed E-state index contributed by atoms with van der Waals surface area (Å²) in [4.78, 5) is 14.3. The second-order valence-electron chi connectivity index (χ2n) is 3.77. The minimum atomic E-state index is 0.138. The molecule has 0 N–H and O–H groups in total. The molecule has 0 unspecified atom stereocenters. The molecule has 0 bridgehead atoms. The molecular formula is C11H15ClN6O. The summed E-state index contributed by atoms with van der Waals surface area (Å²) in [5, 5.41) is 4.20. The monoisotopic (exact) mass is 282 g/mol. The summed E-state index contributed by atoms with van der Waals surface area (Å²) >= 11 is 5.91. The maximum atomic E-state index is 5.91. The van der Waals surface area contributed by atoms with Gasteiger partial charge in [-0.2, -0.15) is 20.1 Å². The van der Waals surface area contributed by atoms with Gasteiger partial charge < -0.3 is 9.64 Å². The number of hydrogen-bond acceptors (Lipinski definition) is 6. The first-order valence-electron chi connectivity index (χ1n) is 5.91. The van der Waals surface area contributed by atoms with Crippen LogP contribution in [-0.4, -0.2) is 51.5 Å². The standard InChI is InChI=1S/C11H15ClN6O/c1-3-19-8-7-17(2)10-14-9(12)15-11(16-10)18-6-4-5-13-18/h4-6H,3,7-8H2,1-2H3. The van der Waals surface area contributed by atoms with E-state index >= 15 is 0 Å². The van der Waals surface area contributed by atoms with Crippen LogP contribution in [-0.2, 0) is 4.74 Å². The third kappa shape index (κ3) is 3.62. The molecule has 2 rings (SSSR count). The second-order valence-corrected chi connectivity index (χ2v) is 4.11. The SMILES string of the molecule is CCOCCN(C)c1nc(Cl)nc(-n2cccn2)n1. The molecule has 0 radical (unpaired) electrons. The van der Waals surface area contributed by atoms with E-state index in [1.165, 1.54) is 4.68 Å². The normalized spacial score (nSPS) is 10.7. The average molecular weight is 283 g/mol. The molecule has 0 aliphatic rings. The Morgan fingerprint density at radius 2 is 2.21 bits per heavy atom. The van der Waals surface area contributed by atoms with Gasteiger partial charge in [-0.15, -0.1) is 0 Å². The molecule has 0 atom stereocenters. The minimum absolute atomic E-state index is 0.138. The topological polar surface area (TPSA) is 69.0 Å². The van der Waals surface area contributed by atoms with E-state index in [-0.39, 0.29) is 5.28 Å². The zero-order chi connectivity index (χ0) is 13.7. The van der Waals surface area contributed by atoms with Gasteiger partial charge >= 0.3 is 0 Å². The van der Waals surface area contributed by atoms with E-state index in [0.29, 0.717) is 31.7 Å². The molecule has 2 aromatic heterocycles. The summed E-state index contributed by atoms with van der Waals surface area (Å²) < 4.78 is 6.83. The van der Waals surface area contributed by atoms with Gasteiger partial charge in [0.05, 0.1) is 6.61 Å². The van der Waals surface area contributed by atoms with Crippen LogP contribution in [0.4, 0.5) is 5.95 Å². The summed E-state index contributed by atoms with van der Waals surface area (Å²) in [6.07, 6.45) is 3.39. The predicted molar refractivity (Wildman–Crippen MR) is 71.7 cm³/mol. The minimum Gasteiger partial charge on any atom is -0.380 e. The van der Waals surface area contributed by atoms with E-state index in [4.69, 9.17) is 16.3 Å². The van der Waals surface area contributed by atoms with Gasteiger partial charge in [-0.1, -0.05) is 0 Å². The summed E-state index contributed by atoms with van der Waals surface area (Å²) in [5.41, 5.74) is 0. The van der Waals surface area contributed by atoms with Crippen molar-refractivity contribution in [2.75, 3.05) is 31.7 Å². The fourth-order valence-corrected chi connectivity index (χ4v) is 1.59. The maximum absolute atomic E-state index is 5.91. The summed E-state index contributed by atoms with van der Waals surface area (Å²) in [6.45, 7) is 3.92. The van der Waals surface area contributed by atoms with Crippen LogP contribution in [0, 0.1) is 0 Å². The number of anilines is 1. The fraction of sp³-hybridized carbons (Fsp3) is 0.455. The van der Waals surface area contributed by atoms with E-state index in [2.05, 4.69) is 20.1 Å². The van der Waals surface area contributed by atoms with Crippen molar-refractivity contribution >= 4 is 17.5 Å². The highest BCUT2D eigenvalue weighted by molar-refractivity contribution is 6.28. The van der Waals surface area contributed by atoms with E-state index < -0.39 is 0 Å². The van der Waals surface area contributed by atoms with Crippen LogP contribution < -0.4 is 4.90 Å². The highest BCUT2D eigenvalue weighted by atomic mass is 35.5. The van der Waals surface area contributed by atoms with Gasteiger partial charge in [0.2, 0.25) is 11.2 Å². The molecule has 0 aliphatic heterocycles. The van der Waals surface area contributed by atoms with Crippen LogP contribution in [0.5, 0.6) is 0 Å². The van der Waals surface area contributed by atoms with Gasteiger partial charge in [0.25, 0.3) is 5.95 Å². The lowest BCUT2D eigenvalue weighted by atomic mass is 10.6. The van der Waals surface area contributed by atoms with Gasteiger partial charge in [0.1, 0.15) is 0 Å². The van der Waals surface area contributed by atoms with Gasteiger partial charge in [0, 0.05) is 32.6 Å². The van der Waals surface area contributed by atoms with Gasteiger partial charge in [-0.25, -0.2) is 4.68 Å². The number of nitrogens with zero attached hydrogens (tertiary/aromatic N) is 6. The van der Waals surface area contributed by atoms with Crippen molar-refractivity contribution in [1.82, 2.24) is 24.7 Å². The first-order chi connectivity index (χ1) is 9.20. The molecule has 0 aliphatic carbocycles. The van der Waals surface area contributed by atoms with Crippen LogP contribution in [0.25, 0.3) is 5.95 Å². The Morgan fingerprint density at radius 3 is 2.89 bits per heavy atom. The summed E-state index contributed by atoms with van der Waals surface area (Å²) in [7, 11) is 1.87. The van der Waals surface area contributed by atoms with Crippen LogP contribution in [0.15, 0.2) is 18.5 Å². The maximum Gasteiger partial charge on any atom is 0.256 e. The van der Waals surface area contributed by atoms with Crippen LogP contribution in [0.3, 0.4) is 0 Å². The van der Waals surface area contributed by atoms with E-state index in [0.717, 1.165) is 0 Å².